The van der Waals surface area contributed by atoms with Crippen LogP contribution in [-0.2, 0) is 4.79 Å². The van der Waals surface area contributed by atoms with Crippen LogP contribution in [0.4, 0.5) is 5.82 Å². The van der Waals surface area contributed by atoms with Crippen molar-refractivity contribution in [2.24, 2.45) is 0 Å². The number of nitrogens with one attached hydrogen (secondary N) is 1. The summed E-state index contributed by atoms with van der Waals surface area (Å²) < 4.78 is 7.46. The number of hydrogen-bond acceptors (Lipinski definition) is 6. The molecule has 3 aromatic rings. The molecule has 1 N–H and O–H groups in total. The van der Waals surface area contributed by atoms with Gasteiger partial charge in [-0.2, -0.15) is 9.78 Å². The third kappa shape index (κ3) is 4.58. The van der Waals surface area contributed by atoms with Gasteiger partial charge < -0.3 is 10.1 Å². The largest absolute Gasteiger partial charge is 0.494 e. The van der Waals surface area contributed by atoms with Crippen molar-refractivity contribution >= 4 is 23.5 Å². The zero-order valence-corrected chi connectivity index (χ0v) is 19.1. The molecule has 2 aromatic heterocycles. The zero-order valence-electron chi connectivity index (χ0n) is 18.3. The Kier molecular flexibility index (Phi) is 6.27. The first-order valence-electron chi connectivity index (χ1n) is 10.5. The van der Waals surface area contributed by atoms with Crippen LogP contribution in [-0.4, -0.2) is 38.0 Å². The van der Waals surface area contributed by atoms with Crippen molar-refractivity contribution in [3.63, 3.8) is 0 Å². The number of fused-ring (bicyclic) bond motifs is 1. The van der Waals surface area contributed by atoms with Crippen LogP contribution in [0, 0.1) is 20.8 Å². The van der Waals surface area contributed by atoms with Crippen molar-refractivity contribution in [2.45, 2.75) is 45.8 Å². The number of aromatic nitrogens is 4. The fourth-order valence-corrected chi connectivity index (χ4v) is 4.86. The summed E-state index contributed by atoms with van der Waals surface area (Å²) in [7, 11) is 0. The van der Waals surface area contributed by atoms with E-state index >= 15 is 0 Å². The maximum Gasteiger partial charge on any atom is 0.252 e. The summed E-state index contributed by atoms with van der Waals surface area (Å²) in [5.41, 5.74) is 4.65. The van der Waals surface area contributed by atoms with Gasteiger partial charge in [0.15, 0.2) is 0 Å². The Morgan fingerprint density at radius 3 is 2.55 bits per heavy atom. The highest BCUT2D eigenvalue weighted by Gasteiger charge is 2.31. The number of carbonyl (C=O) groups is 1. The number of benzene rings is 1. The smallest absolute Gasteiger partial charge is 0.252 e. The number of amides is 1. The molecule has 0 saturated carbocycles. The van der Waals surface area contributed by atoms with Gasteiger partial charge in [-0.15, -0.1) is 11.8 Å². The lowest BCUT2D eigenvalue weighted by molar-refractivity contribution is -0.113. The standard InChI is InChI=1S/C23H27N5O2S/c1-5-6-11-30-18-9-7-17(8-10-18)21-20-16(4)27-28(22(20)26-19(29)13-31-21)23-24-14(2)12-15(3)25-23/h7-10,12,21H,5-6,11,13H2,1-4H3,(H,26,29)/t21-/m0/s1. The van der Waals surface area contributed by atoms with Gasteiger partial charge in [-0.1, -0.05) is 25.5 Å². The lowest BCUT2D eigenvalue weighted by Gasteiger charge is -2.16. The Balaban J connectivity index is 1.73. The van der Waals surface area contributed by atoms with E-state index in [1.165, 1.54) is 0 Å². The van der Waals surface area contributed by atoms with E-state index in [0.29, 0.717) is 17.5 Å². The van der Waals surface area contributed by atoms with Gasteiger partial charge in [0.1, 0.15) is 11.6 Å². The summed E-state index contributed by atoms with van der Waals surface area (Å²) in [4.78, 5) is 21.6. The summed E-state index contributed by atoms with van der Waals surface area (Å²) in [6.07, 6.45) is 2.14. The normalized spacial score (nSPS) is 15.9. The third-order valence-electron chi connectivity index (χ3n) is 5.12. The molecular weight excluding hydrogens is 410 g/mol. The summed E-state index contributed by atoms with van der Waals surface area (Å²) >= 11 is 1.60. The molecule has 0 aliphatic carbocycles. The Hall–Kier alpha value is -2.87. The maximum atomic E-state index is 12.5. The van der Waals surface area contributed by atoms with E-state index in [1.54, 1.807) is 16.4 Å². The van der Waals surface area contributed by atoms with E-state index in [9.17, 15) is 4.79 Å². The van der Waals surface area contributed by atoms with E-state index in [0.717, 1.165) is 53.4 Å². The van der Waals surface area contributed by atoms with Crippen molar-refractivity contribution in [1.29, 1.82) is 0 Å². The Labute approximate surface area is 186 Å². The number of aryl methyl sites for hydroxylation is 3. The minimum atomic E-state index is -0.0567. The first-order chi connectivity index (χ1) is 15.0. The van der Waals surface area contributed by atoms with E-state index in [1.807, 2.05) is 39.0 Å². The fraction of sp³-hybridized carbons (Fsp3) is 0.391. The Bertz CT molecular complexity index is 1070. The molecule has 0 bridgehead atoms. The number of ether oxygens (including phenoxy) is 1. The van der Waals surface area contributed by atoms with Crippen molar-refractivity contribution in [2.75, 3.05) is 17.7 Å². The number of nitrogens with zero attached hydrogens (tertiary/aromatic N) is 4. The van der Waals surface area contributed by atoms with Crippen molar-refractivity contribution in [1.82, 2.24) is 19.7 Å². The van der Waals surface area contributed by atoms with Crippen LogP contribution in [0.1, 0.15) is 53.2 Å². The second-order valence-electron chi connectivity index (χ2n) is 7.72. The molecule has 0 spiro atoms. The van der Waals surface area contributed by atoms with Crippen LogP contribution < -0.4 is 10.1 Å². The molecule has 4 rings (SSSR count). The summed E-state index contributed by atoms with van der Waals surface area (Å²) in [5.74, 6) is 2.28. The van der Waals surface area contributed by atoms with Gasteiger partial charge in [-0.05, 0) is 51.0 Å². The average Bonchev–Trinajstić information content (AvgIpc) is 2.94. The average molecular weight is 438 g/mol. The second kappa shape index (κ2) is 9.09. The van der Waals surface area contributed by atoms with Crippen LogP contribution in [0.5, 0.6) is 5.75 Å². The van der Waals surface area contributed by atoms with Crippen molar-refractivity contribution in [3.8, 4) is 11.7 Å². The lowest BCUT2D eigenvalue weighted by Crippen LogP contribution is -2.17. The van der Waals surface area contributed by atoms with Crippen molar-refractivity contribution < 1.29 is 9.53 Å². The number of carbonyl (C=O) groups excluding carboxylic acids is 1. The molecular formula is C23H27N5O2S. The number of unbranched alkanes of at least 4 members (excludes halogenated alkanes) is 1. The first kappa shape index (κ1) is 21.4. The van der Waals surface area contributed by atoms with E-state index < -0.39 is 0 Å². The second-order valence-corrected chi connectivity index (χ2v) is 8.81. The van der Waals surface area contributed by atoms with E-state index in [-0.39, 0.29) is 11.2 Å². The molecule has 0 radical (unpaired) electrons. The molecule has 1 atom stereocenters. The molecule has 7 nitrogen and oxygen atoms in total. The highest BCUT2D eigenvalue weighted by atomic mass is 32.2. The predicted molar refractivity (Wildman–Crippen MR) is 123 cm³/mol. The van der Waals surface area contributed by atoms with Gasteiger partial charge in [0.05, 0.1) is 23.3 Å². The monoisotopic (exact) mass is 437 g/mol. The number of rotatable bonds is 6. The quantitative estimate of drug-likeness (QED) is 0.570. The van der Waals surface area contributed by atoms with Gasteiger partial charge in [-0.25, -0.2) is 9.97 Å². The summed E-state index contributed by atoms with van der Waals surface area (Å²) in [6, 6.07) is 10.1. The van der Waals surface area contributed by atoms with E-state index in [2.05, 4.69) is 34.3 Å². The molecule has 31 heavy (non-hydrogen) atoms. The maximum absolute atomic E-state index is 12.5. The van der Waals surface area contributed by atoms with Crippen LogP contribution in [0.3, 0.4) is 0 Å². The highest BCUT2D eigenvalue weighted by molar-refractivity contribution is 8.00. The zero-order chi connectivity index (χ0) is 22.0. The van der Waals surface area contributed by atoms with Gasteiger partial charge in [0, 0.05) is 17.0 Å². The molecule has 8 heteroatoms. The molecule has 0 saturated heterocycles. The molecule has 0 unspecified atom stereocenters. The van der Waals surface area contributed by atoms with Gasteiger partial charge in [0.2, 0.25) is 5.91 Å². The van der Waals surface area contributed by atoms with E-state index in [4.69, 9.17) is 9.84 Å². The van der Waals surface area contributed by atoms with Crippen LogP contribution in [0.25, 0.3) is 5.95 Å². The Morgan fingerprint density at radius 1 is 1.16 bits per heavy atom. The molecule has 3 heterocycles. The third-order valence-corrected chi connectivity index (χ3v) is 6.39. The van der Waals surface area contributed by atoms with Gasteiger partial charge in [-0.3, -0.25) is 4.79 Å². The topological polar surface area (TPSA) is 81.9 Å². The number of anilines is 1. The molecule has 1 aliphatic rings. The van der Waals surface area contributed by atoms with Gasteiger partial charge in [0.25, 0.3) is 5.95 Å². The lowest BCUT2D eigenvalue weighted by atomic mass is 10.0. The SMILES string of the molecule is CCCCOc1ccc([C@@H]2SCC(=O)Nc3c2c(C)nn3-c2nc(C)cc(C)n2)cc1. The first-order valence-corrected chi connectivity index (χ1v) is 11.6. The van der Waals surface area contributed by atoms with Crippen molar-refractivity contribution in [3.05, 3.63) is 58.5 Å². The minimum absolute atomic E-state index is 0.0294. The fourth-order valence-electron chi connectivity index (χ4n) is 3.67. The minimum Gasteiger partial charge on any atom is -0.494 e. The predicted octanol–water partition coefficient (Wildman–Crippen LogP) is 4.54. The molecule has 162 valence electrons. The molecule has 0 fully saturated rings. The number of thioether (sulfide) groups is 1. The van der Waals surface area contributed by atoms with Gasteiger partial charge >= 0.3 is 0 Å². The summed E-state index contributed by atoms with van der Waals surface area (Å²) in [5, 5.41) is 7.70. The summed E-state index contributed by atoms with van der Waals surface area (Å²) in [6.45, 7) is 8.68. The Morgan fingerprint density at radius 2 is 1.87 bits per heavy atom. The van der Waals surface area contributed by atoms with Crippen LogP contribution >= 0.6 is 11.8 Å². The molecule has 1 aromatic carbocycles. The molecule has 1 aliphatic heterocycles. The molecule has 1 amide bonds. The highest BCUT2D eigenvalue weighted by Crippen LogP contribution is 2.43. The van der Waals surface area contributed by atoms with Crippen LogP contribution in [0.2, 0.25) is 0 Å². The van der Waals surface area contributed by atoms with Crippen LogP contribution in [0.15, 0.2) is 30.3 Å². The number of hydrogen-bond donors (Lipinski definition) is 1.